The molecular weight excluding hydrogens is 340 g/mol. The van der Waals surface area contributed by atoms with Gasteiger partial charge in [0.2, 0.25) is 5.91 Å². The van der Waals surface area contributed by atoms with Crippen LogP contribution in [0.5, 0.6) is 5.75 Å². The highest BCUT2D eigenvalue weighted by molar-refractivity contribution is 6.15. The predicted molar refractivity (Wildman–Crippen MR) is 104 cm³/mol. The predicted octanol–water partition coefficient (Wildman–Crippen LogP) is 3.86. The second-order valence-electron chi connectivity index (χ2n) is 6.26. The van der Waals surface area contributed by atoms with Crippen LogP contribution in [-0.4, -0.2) is 18.4 Å². The van der Waals surface area contributed by atoms with Gasteiger partial charge in [0.25, 0.3) is 5.91 Å². The van der Waals surface area contributed by atoms with Gasteiger partial charge in [-0.1, -0.05) is 42.5 Å². The first kappa shape index (κ1) is 16.8. The first-order valence-corrected chi connectivity index (χ1v) is 8.68. The van der Waals surface area contributed by atoms with Gasteiger partial charge < -0.3 is 10.1 Å². The number of rotatable bonds is 4. The van der Waals surface area contributed by atoms with E-state index < -0.39 is 0 Å². The van der Waals surface area contributed by atoms with Crippen molar-refractivity contribution in [1.29, 1.82) is 0 Å². The molecule has 4 rings (SSSR count). The quantitative estimate of drug-likeness (QED) is 0.770. The highest BCUT2D eigenvalue weighted by atomic mass is 16.5. The van der Waals surface area contributed by atoms with Gasteiger partial charge >= 0.3 is 0 Å². The molecule has 0 atom stereocenters. The molecular formula is C22H18N2O3. The number of hydrogen-bond donors (Lipinski definition) is 1. The maximum atomic E-state index is 12.9. The molecule has 1 aliphatic heterocycles. The minimum Gasteiger partial charge on any atom is -0.489 e. The molecule has 0 unspecified atom stereocenters. The Morgan fingerprint density at radius 2 is 1.63 bits per heavy atom. The van der Waals surface area contributed by atoms with Gasteiger partial charge in [0.05, 0.1) is 11.4 Å². The van der Waals surface area contributed by atoms with Gasteiger partial charge in [-0.3, -0.25) is 14.5 Å². The van der Waals surface area contributed by atoms with Crippen molar-refractivity contribution in [1.82, 2.24) is 0 Å². The maximum absolute atomic E-state index is 12.9. The molecule has 1 heterocycles. The molecule has 5 heteroatoms. The van der Waals surface area contributed by atoms with E-state index in [0.29, 0.717) is 23.5 Å². The van der Waals surface area contributed by atoms with Crippen LogP contribution >= 0.6 is 0 Å². The SMILES string of the molecule is O=C1CN(C(=O)c2ccc(COc3ccccc3)cc2)c2ccccc2N1. The first-order chi connectivity index (χ1) is 13.2. The van der Waals surface area contributed by atoms with Gasteiger partial charge in [0, 0.05) is 5.56 Å². The third-order valence-corrected chi connectivity index (χ3v) is 4.37. The van der Waals surface area contributed by atoms with E-state index >= 15 is 0 Å². The average Bonchev–Trinajstić information content (AvgIpc) is 2.72. The molecule has 0 bridgehead atoms. The van der Waals surface area contributed by atoms with Crippen LogP contribution in [-0.2, 0) is 11.4 Å². The summed E-state index contributed by atoms with van der Waals surface area (Å²) >= 11 is 0. The van der Waals surface area contributed by atoms with E-state index in [-0.39, 0.29) is 18.4 Å². The standard InChI is InChI=1S/C22H18N2O3/c25-21-14-24(20-9-5-4-8-19(20)23-21)22(26)17-12-10-16(11-13-17)15-27-18-6-2-1-3-7-18/h1-13H,14-15H2,(H,23,25). The average molecular weight is 358 g/mol. The Hall–Kier alpha value is -3.60. The number of ether oxygens (including phenoxy) is 1. The van der Waals surface area contributed by atoms with Crippen LogP contribution in [0, 0.1) is 0 Å². The Labute approximate surface area is 157 Å². The van der Waals surface area contributed by atoms with Gasteiger partial charge in [-0.25, -0.2) is 0 Å². The summed E-state index contributed by atoms with van der Waals surface area (Å²) in [7, 11) is 0. The lowest BCUT2D eigenvalue weighted by molar-refractivity contribution is -0.115. The topological polar surface area (TPSA) is 58.6 Å². The zero-order valence-electron chi connectivity index (χ0n) is 14.6. The number of anilines is 2. The summed E-state index contributed by atoms with van der Waals surface area (Å²) in [6.45, 7) is 0.433. The summed E-state index contributed by atoms with van der Waals surface area (Å²) in [5.74, 6) is 0.399. The van der Waals surface area contributed by atoms with Crippen LogP contribution in [0.4, 0.5) is 11.4 Å². The number of fused-ring (bicyclic) bond motifs is 1. The van der Waals surface area contributed by atoms with Crippen molar-refractivity contribution in [3.8, 4) is 5.75 Å². The smallest absolute Gasteiger partial charge is 0.258 e. The molecule has 1 N–H and O–H groups in total. The van der Waals surface area contributed by atoms with Crippen molar-refractivity contribution in [2.45, 2.75) is 6.61 Å². The van der Waals surface area contributed by atoms with Crippen molar-refractivity contribution >= 4 is 23.2 Å². The van der Waals surface area contributed by atoms with E-state index in [9.17, 15) is 9.59 Å². The third kappa shape index (κ3) is 3.67. The van der Waals surface area contributed by atoms with Crippen LogP contribution < -0.4 is 15.0 Å². The van der Waals surface area contributed by atoms with Crippen LogP contribution in [0.15, 0.2) is 78.9 Å². The van der Waals surface area contributed by atoms with Gasteiger partial charge in [-0.05, 0) is 42.0 Å². The zero-order chi connectivity index (χ0) is 18.6. The Bertz CT molecular complexity index is 968. The number of benzene rings is 3. The number of nitrogens with zero attached hydrogens (tertiary/aromatic N) is 1. The second kappa shape index (κ2) is 7.33. The fraction of sp³-hybridized carbons (Fsp3) is 0.0909. The van der Waals surface area contributed by atoms with E-state index in [2.05, 4.69) is 5.32 Å². The van der Waals surface area contributed by atoms with Crippen LogP contribution in [0.1, 0.15) is 15.9 Å². The largest absolute Gasteiger partial charge is 0.489 e. The molecule has 0 aromatic heterocycles. The number of nitrogens with one attached hydrogen (secondary N) is 1. The molecule has 0 radical (unpaired) electrons. The van der Waals surface area contributed by atoms with Crippen molar-refractivity contribution in [3.63, 3.8) is 0 Å². The van der Waals surface area contributed by atoms with Gasteiger partial charge in [0.15, 0.2) is 0 Å². The lowest BCUT2D eigenvalue weighted by Crippen LogP contribution is -2.42. The summed E-state index contributed by atoms with van der Waals surface area (Å²) in [6, 6.07) is 24.1. The summed E-state index contributed by atoms with van der Waals surface area (Å²) in [5.41, 5.74) is 2.85. The van der Waals surface area contributed by atoms with Gasteiger partial charge in [-0.2, -0.15) is 0 Å². The monoisotopic (exact) mass is 358 g/mol. The molecule has 0 aliphatic carbocycles. The van der Waals surface area contributed by atoms with E-state index in [1.165, 1.54) is 4.90 Å². The number of carbonyl (C=O) groups excluding carboxylic acids is 2. The highest BCUT2D eigenvalue weighted by Crippen LogP contribution is 2.30. The fourth-order valence-corrected chi connectivity index (χ4v) is 3.00. The molecule has 0 fully saturated rings. The Morgan fingerprint density at radius 1 is 0.926 bits per heavy atom. The Kier molecular flexibility index (Phi) is 4.58. The van der Waals surface area contributed by atoms with E-state index in [1.807, 2.05) is 60.7 Å². The maximum Gasteiger partial charge on any atom is 0.258 e. The summed E-state index contributed by atoms with van der Waals surface area (Å²) in [6.07, 6.45) is 0. The van der Waals surface area contributed by atoms with E-state index in [0.717, 1.165) is 11.3 Å². The Balaban J connectivity index is 1.49. The zero-order valence-corrected chi connectivity index (χ0v) is 14.6. The van der Waals surface area contributed by atoms with Crippen molar-refractivity contribution in [2.75, 3.05) is 16.8 Å². The van der Waals surface area contributed by atoms with Crippen molar-refractivity contribution in [2.24, 2.45) is 0 Å². The molecule has 0 spiro atoms. The molecule has 2 amide bonds. The number of carbonyl (C=O) groups is 2. The minimum absolute atomic E-state index is 0.00865. The van der Waals surface area contributed by atoms with Crippen molar-refractivity contribution in [3.05, 3.63) is 90.0 Å². The van der Waals surface area contributed by atoms with Gasteiger partial charge in [-0.15, -0.1) is 0 Å². The molecule has 1 aliphatic rings. The summed E-state index contributed by atoms with van der Waals surface area (Å²) < 4.78 is 5.72. The Morgan fingerprint density at radius 3 is 2.41 bits per heavy atom. The minimum atomic E-state index is -0.201. The van der Waals surface area contributed by atoms with Crippen molar-refractivity contribution < 1.29 is 14.3 Å². The molecule has 27 heavy (non-hydrogen) atoms. The normalized spacial score (nSPS) is 12.9. The van der Waals surface area contributed by atoms with Gasteiger partial charge in [0.1, 0.15) is 18.9 Å². The molecule has 0 saturated heterocycles. The van der Waals surface area contributed by atoms with Crippen LogP contribution in [0.25, 0.3) is 0 Å². The number of para-hydroxylation sites is 3. The molecule has 0 saturated carbocycles. The van der Waals surface area contributed by atoms with E-state index in [1.54, 1.807) is 18.2 Å². The second-order valence-corrected chi connectivity index (χ2v) is 6.26. The molecule has 3 aromatic carbocycles. The van der Waals surface area contributed by atoms with E-state index in [4.69, 9.17) is 4.74 Å². The third-order valence-electron chi connectivity index (χ3n) is 4.37. The summed E-state index contributed by atoms with van der Waals surface area (Å²) in [4.78, 5) is 26.3. The number of amides is 2. The van der Waals surface area contributed by atoms with Crippen LogP contribution in [0.3, 0.4) is 0 Å². The molecule has 134 valence electrons. The number of hydrogen-bond acceptors (Lipinski definition) is 3. The highest BCUT2D eigenvalue weighted by Gasteiger charge is 2.27. The first-order valence-electron chi connectivity index (χ1n) is 8.68. The molecule has 3 aromatic rings. The summed E-state index contributed by atoms with van der Waals surface area (Å²) in [5, 5.41) is 2.79. The van der Waals surface area contributed by atoms with Crippen LogP contribution in [0.2, 0.25) is 0 Å². The lowest BCUT2D eigenvalue weighted by atomic mass is 10.1. The fourth-order valence-electron chi connectivity index (χ4n) is 3.00. The lowest BCUT2D eigenvalue weighted by Gasteiger charge is -2.29. The molecule has 5 nitrogen and oxygen atoms in total.